The molecule has 2 aromatic rings. The number of carboxylic acid groups (broad SMARTS) is 1. The van der Waals surface area contributed by atoms with Gasteiger partial charge in [0, 0.05) is 5.38 Å². The maximum Gasteiger partial charge on any atom is 0.490 e. The first kappa shape index (κ1) is 17.9. The second-order valence-electron chi connectivity index (χ2n) is 3.60. The van der Waals surface area contributed by atoms with Gasteiger partial charge in [0.1, 0.15) is 0 Å². The zero-order valence-corrected chi connectivity index (χ0v) is 12.2. The van der Waals surface area contributed by atoms with E-state index in [1.807, 2.05) is 0 Å². The van der Waals surface area contributed by atoms with E-state index in [9.17, 15) is 21.6 Å². The largest absolute Gasteiger partial charge is 0.490 e. The van der Waals surface area contributed by atoms with Crippen molar-refractivity contribution in [1.29, 1.82) is 0 Å². The Morgan fingerprint density at radius 3 is 2.18 bits per heavy atom. The van der Waals surface area contributed by atoms with Crippen LogP contribution in [-0.4, -0.2) is 30.7 Å². The number of carboxylic acids is 1. The van der Waals surface area contributed by atoms with Crippen molar-refractivity contribution in [1.82, 2.24) is 4.98 Å². The minimum absolute atomic E-state index is 0.234. The number of anilines is 1. The Morgan fingerprint density at radius 2 is 1.77 bits per heavy atom. The molecule has 0 amide bonds. The molecular formula is C11H9F3N2O4S2. The Balaban J connectivity index is 0.000000295. The summed E-state index contributed by atoms with van der Waals surface area (Å²) in [7, 11) is -3.49. The molecule has 0 bridgehead atoms. The fraction of sp³-hybridized carbons (Fsp3) is 0.0909. The van der Waals surface area contributed by atoms with Crippen molar-refractivity contribution < 1.29 is 31.5 Å². The van der Waals surface area contributed by atoms with E-state index in [4.69, 9.17) is 9.90 Å². The SMILES string of the molecule is O=C(O)C(F)(F)F.O=S(=O)(Nc1cscn1)c1ccccc1. The molecule has 6 nitrogen and oxygen atoms in total. The summed E-state index contributed by atoms with van der Waals surface area (Å²) in [4.78, 5) is 13.0. The molecule has 0 spiro atoms. The molecule has 0 aliphatic heterocycles. The van der Waals surface area contributed by atoms with Gasteiger partial charge in [0.05, 0.1) is 10.4 Å². The average molecular weight is 354 g/mol. The Hall–Kier alpha value is -2.14. The molecule has 1 heterocycles. The lowest BCUT2D eigenvalue weighted by Gasteiger charge is -2.04. The van der Waals surface area contributed by atoms with Gasteiger partial charge in [-0.3, -0.25) is 4.72 Å². The van der Waals surface area contributed by atoms with Gasteiger partial charge in [-0.05, 0) is 12.1 Å². The minimum atomic E-state index is -5.08. The second kappa shape index (κ2) is 7.22. The van der Waals surface area contributed by atoms with Crippen molar-refractivity contribution in [2.45, 2.75) is 11.1 Å². The van der Waals surface area contributed by atoms with Gasteiger partial charge in [-0.15, -0.1) is 11.3 Å². The number of benzene rings is 1. The summed E-state index contributed by atoms with van der Waals surface area (Å²) >= 11 is 1.34. The summed E-state index contributed by atoms with van der Waals surface area (Å²) in [6.45, 7) is 0. The number of aliphatic carboxylic acids is 1. The van der Waals surface area contributed by atoms with Crippen molar-refractivity contribution in [3.8, 4) is 0 Å². The predicted molar refractivity (Wildman–Crippen MR) is 73.1 cm³/mol. The van der Waals surface area contributed by atoms with E-state index < -0.39 is 22.2 Å². The molecule has 1 aromatic carbocycles. The van der Waals surface area contributed by atoms with Crippen LogP contribution in [0.4, 0.5) is 19.0 Å². The van der Waals surface area contributed by atoms with E-state index in [-0.39, 0.29) is 4.90 Å². The molecule has 0 radical (unpaired) electrons. The van der Waals surface area contributed by atoms with Gasteiger partial charge in [-0.2, -0.15) is 13.2 Å². The number of nitrogens with zero attached hydrogens (tertiary/aromatic N) is 1. The summed E-state index contributed by atoms with van der Waals surface area (Å²) in [5, 5.41) is 8.76. The summed E-state index contributed by atoms with van der Waals surface area (Å²) in [6, 6.07) is 8.19. The number of alkyl halides is 3. The Labute approximate surface area is 127 Å². The molecule has 0 fully saturated rings. The normalized spacial score (nSPS) is 11.2. The zero-order valence-electron chi connectivity index (χ0n) is 10.6. The third-order valence-electron chi connectivity index (χ3n) is 1.97. The fourth-order valence-corrected chi connectivity index (χ4v) is 2.64. The number of rotatable bonds is 3. The number of hydrogen-bond acceptors (Lipinski definition) is 5. The summed E-state index contributed by atoms with van der Waals surface area (Å²) < 4.78 is 57.6. The van der Waals surface area contributed by atoms with E-state index in [0.717, 1.165) is 0 Å². The second-order valence-corrected chi connectivity index (χ2v) is 6.00. The van der Waals surface area contributed by atoms with Gasteiger partial charge >= 0.3 is 12.1 Å². The van der Waals surface area contributed by atoms with Gasteiger partial charge in [0.15, 0.2) is 5.82 Å². The lowest BCUT2D eigenvalue weighted by atomic mass is 10.4. The molecule has 2 N–H and O–H groups in total. The van der Waals surface area contributed by atoms with Crippen LogP contribution < -0.4 is 4.72 Å². The van der Waals surface area contributed by atoms with E-state index in [0.29, 0.717) is 5.82 Å². The third kappa shape index (κ3) is 5.69. The summed E-state index contributed by atoms with van der Waals surface area (Å²) in [6.07, 6.45) is -5.08. The highest BCUT2D eigenvalue weighted by Gasteiger charge is 2.38. The molecule has 22 heavy (non-hydrogen) atoms. The predicted octanol–water partition coefficient (Wildman–Crippen LogP) is 2.58. The number of halogens is 3. The topological polar surface area (TPSA) is 96.4 Å². The first-order valence-electron chi connectivity index (χ1n) is 5.39. The molecule has 0 aliphatic rings. The van der Waals surface area contributed by atoms with Crippen molar-refractivity contribution in [2.75, 3.05) is 4.72 Å². The highest BCUT2D eigenvalue weighted by molar-refractivity contribution is 7.92. The van der Waals surface area contributed by atoms with E-state index in [2.05, 4.69) is 9.71 Å². The lowest BCUT2D eigenvalue weighted by Crippen LogP contribution is -2.21. The van der Waals surface area contributed by atoms with Crippen LogP contribution in [0.1, 0.15) is 0 Å². The van der Waals surface area contributed by atoms with Crippen LogP contribution in [-0.2, 0) is 14.8 Å². The molecule has 11 heteroatoms. The molecule has 0 aliphatic carbocycles. The van der Waals surface area contributed by atoms with Gasteiger partial charge in [-0.1, -0.05) is 18.2 Å². The molecule has 0 atom stereocenters. The standard InChI is InChI=1S/C9H8N2O2S2.C2HF3O2/c12-15(13,8-4-2-1-3-5-8)11-9-6-14-7-10-9;3-2(4,5)1(6)7/h1-7,11H;(H,6,7). The monoisotopic (exact) mass is 354 g/mol. The zero-order chi connectivity index (χ0) is 16.8. The molecular weight excluding hydrogens is 345 g/mol. The van der Waals surface area contributed by atoms with Crippen molar-refractivity contribution in [2.24, 2.45) is 0 Å². The van der Waals surface area contributed by atoms with Crippen LogP contribution in [0.3, 0.4) is 0 Å². The van der Waals surface area contributed by atoms with Gasteiger partial charge in [-0.25, -0.2) is 18.2 Å². The maximum atomic E-state index is 11.8. The Kier molecular flexibility index (Phi) is 5.88. The van der Waals surface area contributed by atoms with Crippen LogP contribution in [0.25, 0.3) is 0 Å². The summed E-state index contributed by atoms with van der Waals surface area (Å²) in [5.74, 6) is -2.41. The van der Waals surface area contributed by atoms with Gasteiger partial charge < -0.3 is 5.11 Å². The minimum Gasteiger partial charge on any atom is -0.475 e. The van der Waals surface area contributed by atoms with Crippen molar-refractivity contribution in [3.63, 3.8) is 0 Å². The fourth-order valence-electron chi connectivity index (χ4n) is 1.06. The lowest BCUT2D eigenvalue weighted by molar-refractivity contribution is -0.192. The highest BCUT2D eigenvalue weighted by Crippen LogP contribution is 2.15. The Bertz CT molecular complexity index is 701. The van der Waals surface area contributed by atoms with Gasteiger partial charge in [0.2, 0.25) is 0 Å². The third-order valence-corrected chi connectivity index (χ3v) is 3.92. The Morgan fingerprint density at radius 1 is 1.23 bits per heavy atom. The molecule has 0 unspecified atom stereocenters. The molecule has 0 saturated carbocycles. The van der Waals surface area contributed by atoms with Gasteiger partial charge in [0.25, 0.3) is 10.0 Å². The van der Waals surface area contributed by atoms with E-state index in [1.54, 1.807) is 29.1 Å². The van der Waals surface area contributed by atoms with E-state index >= 15 is 0 Å². The number of thiazole rings is 1. The maximum absolute atomic E-state index is 11.8. The quantitative estimate of drug-likeness (QED) is 0.883. The number of aromatic nitrogens is 1. The van der Waals surface area contributed by atoms with Crippen LogP contribution in [0.5, 0.6) is 0 Å². The summed E-state index contributed by atoms with van der Waals surface area (Å²) in [5.41, 5.74) is 1.57. The first-order chi connectivity index (χ1) is 10.1. The van der Waals surface area contributed by atoms with E-state index in [1.165, 1.54) is 23.5 Å². The van der Waals surface area contributed by atoms with Crippen LogP contribution >= 0.6 is 11.3 Å². The molecule has 120 valence electrons. The number of hydrogen-bond donors (Lipinski definition) is 2. The highest BCUT2D eigenvalue weighted by atomic mass is 32.2. The molecule has 1 aromatic heterocycles. The first-order valence-corrected chi connectivity index (χ1v) is 7.81. The van der Waals surface area contributed by atoms with Crippen molar-refractivity contribution in [3.05, 3.63) is 41.2 Å². The van der Waals surface area contributed by atoms with Crippen LogP contribution in [0.2, 0.25) is 0 Å². The average Bonchev–Trinajstić information content (AvgIpc) is 2.91. The number of sulfonamides is 1. The van der Waals surface area contributed by atoms with Crippen LogP contribution in [0.15, 0.2) is 46.1 Å². The number of nitrogens with one attached hydrogen (secondary N) is 1. The van der Waals surface area contributed by atoms with Crippen LogP contribution in [0, 0.1) is 0 Å². The molecule has 2 rings (SSSR count). The smallest absolute Gasteiger partial charge is 0.475 e. The van der Waals surface area contributed by atoms with Crippen molar-refractivity contribution >= 4 is 33.1 Å². The molecule has 0 saturated heterocycles. The number of carbonyl (C=O) groups is 1.